The van der Waals surface area contributed by atoms with E-state index in [1.165, 1.54) is 24.1 Å². The zero-order valence-corrected chi connectivity index (χ0v) is 16.8. The summed E-state index contributed by atoms with van der Waals surface area (Å²) in [6.07, 6.45) is 0. The molecule has 3 rings (SSSR count). The van der Waals surface area contributed by atoms with Gasteiger partial charge in [-0.25, -0.2) is 4.39 Å². The molecule has 2 aromatic carbocycles. The van der Waals surface area contributed by atoms with Gasteiger partial charge in [0.1, 0.15) is 0 Å². The van der Waals surface area contributed by atoms with E-state index >= 15 is 0 Å². The molecule has 0 N–H and O–H groups in total. The molecule has 6 nitrogen and oxygen atoms in total. The van der Waals surface area contributed by atoms with Gasteiger partial charge in [-0.2, -0.15) is 0 Å². The molecular weight excluding hydrogens is 405 g/mol. The van der Waals surface area contributed by atoms with Crippen LogP contribution in [0.2, 0.25) is 5.02 Å². The highest BCUT2D eigenvalue weighted by molar-refractivity contribution is 7.99. The third-order valence-corrected chi connectivity index (χ3v) is 5.02. The third-order valence-electron chi connectivity index (χ3n) is 3.89. The smallest absolute Gasteiger partial charge is 0.277 e. The van der Waals surface area contributed by atoms with Gasteiger partial charge in [0, 0.05) is 13.6 Å². The normalized spacial score (nSPS) is 10.7. The summed E-state index contributed by atoms with van der Waals surface area (Å²) in [6, 6.07) is 11.7. The van der Waals surface area contributed by atoms with Crippen molar-refractivity contribution >= 4 is 29.3 Å². The van der Waals surface area contributed by atoms with Crippen LogP contribution in [-0.4, -0.2) is 40.9 Å². The topological polar surface area (TPSA) is 68.5 Å². The second kappa shape index (κ2) is 9.07. The molecule has 0 saturated heterocycles. The van der Waals surface area contributed by atoms with Crippen LogP contribution in [0.4, 0.5) is 4.39 Å². The molecule has 146 valence electrons. The first-order valence-electron chi connectivity index (χ1n) is 8.25. The van der Waals surface area contributed by atoms with Crippen molar-refractivity contribution in [2.24, 2.45) is 0 Å². The average molecular weight is 422 g/mol. The predicted molar refractivity (Wildman–Crippen MR) is 105 cm³/mol. The van der Waals surface area contributed by atoms with Gasteiger partial charge in [-0.15, -0.1) is 10.2 Å². The summed E-state index contributed by atoms with van der Waals surface area (Å²) < 4.78 is 24.2. The van der Waals surface area contributed by atoms with Gasteiger partial charge in [0.2, 0.25) is 11.8 Å². The summed E-state index contributed by atoms with van der Waals surface area (Å²) >= 11 is 7.24. The molecule has 0 aliphatic rings. The summed E-state index contributed by atoms with van der Waals surface area (Å²) in [5, 5.41) is 8.67. The molecule has 0 saturated carbocycles. The Hall–Kier alpha value is -2.58. The minimum atomic E-state index is -0.465. The lowest BCUT2D eigenvalue weighted by Gasteiger charge is -2.17. The van der Waals surface area contributed by atoms with Crippen LogP contribution in [-0.2, 0) is 11.3 Å². The Morgan fingerprint density at radius 1 is 1.29 bits per heavy atom. The molecular formula is C19H17ClFN3O3S. The molecule has 0 radical (unpaired) electrons. The van der Waals surface area contributed by atoms with E-state index in [2.05, 4.69) is 10.2 Å². The van der Waals surface area contributed by atoms with Crippen molar-refractivity contribution in [1.29, 1.82) is 0 Å². The van der Waals surface area contributed by atoms with Crippen LogP contribution in [0, 0.1) is 5.82 Å². The fourth-order valence-electron chi connectivity index (χ4n) is 2.42. The first kappa shape index (κ1) is 20.2. The zero-order valence-electron chi connectivity index (χ0n) is 15.2. The van der Waals surface area contributed by atoms with Crippen LogP contribution >= 0.6 is 23.4 Å². The number of thioether (sulfide) groups is 1. The SMILES string of the molecule is COc1ccc(CN(C)C(=O)CSc2nnc(-c3ccccc3Cl)o2)cc1F. The molecule has 1 aromatic heterocycles. The van der Waals surface area contributed by atoms with Gasteiger partial charge < -0.3 is 14.1 Å². The highest BCUT2D eigenvalue weighted by atomic mass is 35.5. The number of benzene rings is 2. The summed E-state index contributed by atoms with van der Waals surface area (Å²) in [6.45, 7) is 0.273. The first-order chi connectivity index (χ1) is 13.5. The number of carbonyl (C=O) groups excluding carboxylic acids is 1. The van der Waals surface area contributed by atoms with E-state index in [0.29, 0.717) is 22.0 Å². The van der Waals surface area contributed by atoms with Gasteiger partial charge in [-0.3, -0.25) is 4.79 Å². The minimum absolute atomic E-state index is 0.110. The Labute approximate surface area is 170 Å². The minimum Gasteiger partial charge on any atom is -0.494 e. The van der Waals surface area contributed by atoms with E-state index in [1.807, 2.05) is 6.07 Å². The molecule has 0 bridgehead atoms. The Bertz CT molecular complexity index is 983. The molecule has 0 aliphatic carbocycles. The standard InChI is InChI=1S/C19H17ClFN3O3S/c1-24(10-12-7-8-16(26-2)15(21)9-12)17(25)11-28-19-23-22-18(27-19)13-5-3-4-6-14(13)20/h3-9H,10-11H2,1-2H3. The Balaban J connectivity index is 1.57. The van der Waals surface area contributed by atoms with Crippen LogP contribution in [0.25, 0.3) is 11.5 Å². The molecule has 0 atom stereocenters. The van der Waals surface area contributed by atoms with E-state index in [-0.39, 0.29) is 29.2 Å². The highest BCUT2D eigenvalue weighted by Gasteiger charge is 2.16. The maximum absolute atomic E-state index is 13.8. The predicted octanol–water partition coefficient (Wildman–Crippen LogP) is 4.29. The number of rotatable bonds is 7. The van der Waals surface area contributed by atoms with Gasteiger partial charge in [-0.05, 0) is 29.8 Å². The van der Waals surface area contributed by atoms with Crippen LogP contribution in [0.15, 0.2) is 52.1 Å². The van der Waals surface area contributed by atoms with Crippen molar-refractivity contribution in [3.05, 3.63) is 58.9 Å². The molecule has 1 amide bonds. The molecule has 0 spiro atoms. The Morgan fingerprint density at radius 2 is 2.07 bits per heavy atom. The number of nitrogens with zero attached hydrogens (tertiary/aromatic N) is 3. The number of methoxy groups -OCH3 is 1. The van der Waals surface area contributed by atoms with E-state index in [9.17, 15) is 9.18 Å². The lowest BCUT2D eigenvalue weighted by Crippen LogP contribution is -2.27. The molecule has 3 aromatic rings. The fourth-order valence-corrected chi connectivity index (χ4v) is 3.34. The Morgan fingerprint density at radius 3 is 2.79 bits per heavy atom. The monoisotopic (exact) mass is 421 g/mol. The first-order valence-corrected chi connectivity index (χ1v) is 9.62. The summed E-state index contributed by atoms with van der Waals surface area (Å²) in [5.41, 5.74) is 1.30. The largest absolute Gasteiger partial charge is 0.494 e. The lowest BCUT2D eigenvalue weighted by molar-refractivity contribution is -0.127. The van der Waals surface area contributed by atoms with Crippen LogP contribution in [0.1, 0.15) is 5.56 Å². The number of hydrogen-bond donors (Lipinski definition) is 0. The number of hydrogen-bond acceptors (Lipinski definition) is 6. The van der Waals surface area contributed by atoms with Gasteiger partial charge >= 0.3 is 0 Å². The third kappa shape index (κ3) is 4.82. The number of halogens is 2. The maximum Gasteiger partial charge on any atom is 0.277 e. The quantitative estimate of drug-likeness (QED) is 0.530. The zero-order chi connectivity index (χ0) is 20.1. The van der Waals surface area contributed by atoms with E-state index in [4.69, 9.17) is 20.8 Å². The van der Waals surface area contributed by atoms with Gasteiger partial charge in [0.25, 0.3) is 5.22 Å². The maximum atomic E-state index is 13.8. The summed E-state index contributed by atoms with van der Waals surface area (Å²) in [4.78, 5) is 13.8. The van der Waals surface area contributed by atoms with E-state index in [0.717, 1.165) is 11.8 Å². The van der Waals surface area contributed by atoms with Crippen molar-refractivity contribution in [2.45, 2.75) is 11.8 Å². The van der Waals surface area contributed by atoms with Crippen LogP contribution in [0.5, 0.6) is 5.75 Å². The number of aromatic nitrogens is 2. The average Bonchev–Trinajstić information content (AvgIpc) is 3.15. The molecule has 0 unspecified atom stereocenters. The van der Waals surface area contributed by atoms with Crippen molar-refractivity contribution in [2.75, 3.05) is 19.9 Å². The number of amides is 1. The molecule has 1 heterocycles. The van der Waals surface area contributed by atoms with Gasteiger partial charge in [0.05, 0.1) is 23.4 Å². The van der Waals surface area contributed by atoms with E-state index in [1.54, 1.807) is 31.3 Å². The van der Waals surface area contributed by atoms with Crippen LogP contribution in [0.3, 0.4) is 0 Å². The second-order valence-electron chi connectivity index (χ2n) is 5.86. The van der Waals surface area contributed by atoms with Gasteiger partial charge in [-0.1, -0.05) is 41.6 Å². The second-order valence-corrected chi connectivity index (χ2v) is 7.19. The summed E-state index contributed by atoms with van der Waals surface area (Å²) in [5.74, 6) is -0.0484. The summed E-state index contributed by atoms with van der Waals surface area (Å²) in [7, 11) is 3.05. The van der Waals surface area contributed by atoms with E-state index < -0.39 is 5.82 Å². The van der Waals surface area contributed by atoms with Crippen molar-refractivity contribution in [1.82, 2.24) is 15.1 Å². The lowest BCUT2D eigenvalue weighted by atomic mass is 10.2. The number of carbonyl (C=O) groups is 1. The molecule has 0 fully saturated rings. The van der Waals surface area contributed by atoms with Crippen molar-refractivity contribution < 1.29 is 18.3 Å². The van der Waals surface area contributed by atoms with Crippen molar-refractivity contribution in [3.8, 4) is 17.2 Å². The van der Waals surface area contributed by atoms with Crippen LogP contribution < -0.4 is 4.74 Å². The molecule has 28 heavy (non-hydrogen) atoms. The van der Waals surface area contributed by atoms with Gasteiger partial charge in [0.15, 0.2) is 11.6 Å². The number of ether oxygens (including phenoxy) is 1. The highest BCUT2D eigenvalue weighted by Crippen LogP contribution is 2.28. The molecule has 0 aliphatic heterocycles. The molecule has 9 heteroatoms. The van der Waals surface area contributed by atoms with Crippen molar-refractivity contribution in [3.63, 3.8) is 0 Å². The fraction of sp³-hybridized carbons (Fsp3) is 0.211. The Kier molecular flexibility index (Phi) is 6.53.